The number of fused-ring (bicyclic) bond motifs is 1. The highest BCUT2D eigenvalue weighted by molar-refractivity contribution is 6.11. The molecule has 1 aliphatic carbocycles. The Bertz CT molecular complexity index is 1270. The van der Waals surface area contributed by atoms with Gasteiger partial charge in [0.05, 0.1) is 5.52 Å². The van der Waals surface area contributed by atoms with Gasteiger partial charge in [-0.05, 0) is 44.2 Å². The fourth-order valence-electron chi connectivity index (χ4n) is 3.65. The largest absolute Gasteiger partial charge is 0.351 e. The van der Waals surface area contributed by atoms with Crippen LogP contribution in [0, 0.1) is 11.7 Å². The van der Waals surface area contributed by atoms with Crippen molar-refractivity contribution in [3.05, 3.63) is 60.2 Å². The zero-order chi connectivity index (χ0) is 25.0. The molecule has 1 aliphatic rings. The third kappa shape index (κ3) is 4.90. The number of carbonyl (C=O) groups is 2. The van der Waals surface area contributed by atoms with E-state index in [9.17, 15) is 9.59 Å². The second-order valence-corrected chi connectivity index (χ2v) is 7.85. The highest BCUT2D eigenvalue weighted by Crippen LogP contribution is 2.34. The van der Waals surface area contributed by atoms with Crippen LogP contribution >= 0.6 is 0 Å². The Balaban J connectivity index is 0.00000158. The van der Waals surface area contributed by atoms with Crippen LogP contribution in [0.4, 0.5) is 10.2 Å². The molecule has 0 radical (unpaired) electrons. The van der Waals surface area contributed by atoms with E-state index in [-0.39, 0.29) is 17.6 Å². The van der Waals surface area contributed by atoms with Crippen molar-refractivity contribution in [1.29, 1.82) is 0 Å². The monoisotopic (exact) mass is 463 g/mol. The van der Waals surface area contributed by atoms with Crippen molar-refractivity contribution in [3.63, 3.8) is 0 Å². The number of Topliss-reactive ketones (excluding diaryl/α,β-unsaturated/α-hetero) is 1. The maximum absolute atomic E-state index is 15.1. The molecule has 7 nitrogen and oxygen atoms in total. The lowest BCUT2D eigenvalue weighted by Gasteiger charge is -2.16. The first-order chi connectivity index (χ1) is 16.3. The molecule has 1 saturated carbocycles. The molecule has 34 heavy (non-hydrogen) atoms. The number of amides is 1. The molecule has 1 amide bonds. The summed E-state index contributed by atoms with van der Waals surface area (Å²) < 4.78 is 15.1. The molecular formula is C26H30FN5O2. The second kappa shape index (κ2) is 10.4. The summed E-state index contributed by atoms with van der Waals surface area (Å²) in [6.07, 6.45) is 4.76. The Morgan fingerprint density at radius 2 is 2.00 bits per heavy atom. The molecule has 3 aromatic rings. The summed E-state index contributed by atoms with van der Waals surface area (Å²) in [6, 6.07) is 6.54. The fraction of sp³-hybridized carbons (Fsp3) is 0.308. The van der Waals surface area contributed by atoms with Crippen LogP contribution in [0.3, 0.4) is 0 Å². The number of carbonyl (C=O) groups excluding carboxylic acids is 2. The summed E-state index contributed by atoms with van der Waals surface area (Å²) >= 11 is 0. The van der Waals surface area contributed by atoms with Crippen LogP contribution in [0.2, 0.25) is 0 Å². The van der Waals surface area contributed by atoms with Crippen LogP contribution in [-0.2, 0) is 4.79 Å². The molecule has 0 aliphatic heterocycles. The van der Waals surface area contributed by atoms with Crippen molar-refractivity contribution in [2.75, 3.05) is 19.4 Å². The molecule has 2 aromatic heterocycles. The van der Waals surface area contributed by atoms with Gasteiger partial charge in [0, 0.05) is 54.0 Å². The Labute approximate surface area is 198 Å². The molecule has 0 bridgehead atoms. The Kier molecular flexibility index (Phi) is 7.61. The van der Waals surface area contributed by atoms with Crippen LogP contribution in [0.1, 0.15) is 49.5 Å². The van der Waals surface area contributed by atoms with Gasteiger partial charge in [-0.2, -0.15) is 0 Å². The average Bonchev–Trinajstić information content (AvgIpc) is 3.59. The number of amidine groups is 1. The zero-order valence-electron chi connectivity index (χ0n) is 20.2. The van der Waals surface area contributed by atoms with Gasteiger partial charge < -0.3 is 15.2 Å². The summed E-state index contributed by atoms with van der Waals surface area (Å²) in [5.41, 5.74) is 2.31. The van der Waals surface area contributed by atoms with E-state index in [1.54, 1.807) is 43.4 Å². The number of hydrogen-bond acceptors (Lipinski definition) is 4. The first-order valence-corrected chi connectivity index (χ1v) is 11.3. The minimum atomic E-state index is -0.450. The minimum absolute atomic E-state index is 0.00174. The number of aliphatic imine (C=N–C) groups is 1. The predicted octanol–water partition coefficient (Wildman–Crippen LogP) is 5.40. The lowest BCUT2D eigenvalue weighted by molar-refractivity contribution is -0.117. The molecule has 2 heterocycles. The van der Waals surface area contributed by atoms with Crippen molar-refractivity contribution < 1.29 is 14.0 Å². The van der Waals surface area contributed by atoms with Gasteiger partial charge in [0.25, 0.3) is 0 Å². The van der Waals surface area contributed by atoms with E-state index in [4.69, 9.17) is 0 Å². The first-order valence-electron chi connectivity index (χ1n) is 11.3. The SMILES string of the molecule is C=CN(C)C(=NC)c1ccc(-c2cc3c(C(C)=O)cnc(NC(=O)C4CC4)c3[nH]2)c(F)c1.CC. The van der Waals surface area contributed by atoms with Gasteiger partial charge in [-0.1, -0.05) is 26.5 Å². The summed E-state index contributed by atoms with van der Waals surface area (Å²) in [6.45, 7) is 9.16. The number of nitrogens with one attached hydrogen (secondary N) is 2. The Hall–Kier alpha value is -3.81. The van der Waals surface area contributed by atoms with Gasteiger partial charge in [-0.3, -0.25) is 14.6 Å². The van der Waals surface area contributed by atoms with E-state index in [0.717, 1.165) is 12.8 Å². The number of ketones is 1. The third-order valence-electron chi connectivity index (χ3n) is 5.57. The molecule has 2 N–H and O–H groups in total. The van der Waals surface area contributed by atoms with Crippen molar-refractivity contribution in [2.24, 2.45) is 10.9 Å². The van der Waals surface area contributed by atoms with Crippen LogP contribution in [0.25, 0.3) is 22.2 Å². The van der Waals surface area contributed by atoms with Crippen molar-refractivity contribution in [2.45, 2.75) is 33.6 Å². The highest BCUT2D eigenvalue weighted by Gasteiger charge is 2.30. The van der Waals surface area contributed by atoms with Crippen molar-refractivity contribution >= 4 is 34.2 Å². The number of aromatic nitrogens is 2. The minimum Gasteiger partial charge on any atom is -0.351 e. The third-order valence-corrected chi connectivity index (χ3v) is 5.57. The first kappa shape index (κ1) is 24.8. The number of aromatic amines is 1. The number of pyridine rings is 1. The molecule has 0 saturated heterocycles. The standard InChI is InChI=1S/C24H24FN5O2.C2H6/c1-5-30(4)23(26-3)15-8-9-16(19(25)10-15)20-11-17-18(13(2)31)12-27-22(21(17)28-20)29-24(32)14-6-7-14;1-2/h5,8-12,14,28H,1,6-7H2,2-4H3,(H,27,29,32);1-2H3. The predicted molar refractivity (Wildman–Crippen MR) is 135 cm³/mol. The van der Waals surface area contributed by atoms with Gasteiger partial charge in [0.15, 0.2) is 11.6 Å². The molecular weight excluding hydrogens is 433 g/mol. The van der Waals surface area contributed by atoms with Gasteiger partial charge >= 0.3 is 0 Å². The molecule has 1 aromatic carbocycles. The van der Waals surface area contributed by atoms with E-state index in [2.05, 4.69) is 26.9 Å². The molecule has 0 unspecified atom stereocenters. The van der Waals surface area contributed by atoms with Crippen molar-refractivity contribution in [1.82, 2.24) is 14.9 Å². The van der Waals surface area contributed by atoms with Crippen molar-refractivity contribution in [3.8, 4) is 11.3 Å². The van der Waals surface area contributed by atoms with E-state index < -0.39 is 5.82 Å². The summed E-state index contributed by atoms with van der Waals surface area (Å²) in [5, 5.41) is 3.41. The molecule has 0 atom stereocenters. The molecule has 1 fully saturated rings. The Morgan fingerprint density at radius 1 is 1.29 bits per heavy atom. The van der Waals surface area contributed by atoms with Gasteiger partial charge in [-0.25, -0.2) is 9.37 Å². The average molecular weight is 464 g/mol. The molecule has 8 heteroatoms. The number of anilines is 1. The van der Waals surface area contributed by atoms with Crippen LogP contribution in [0.15, 0.2) is 48.2 Å². The van der Waals surface area contributed by atoms with Crippen LogP contribution in [0.5, 0.6) is 0 Å². The van der Waals surface area contributed by atoms with Crippen LogP contribution < -0.4 is 5.32 Å². The summed E-state index contributed by atoms with van der Waals surface area (Å²) in [7, 11) is 3.42. The van der Waals surface area contributed by atoms with Gasteiger partial charge in [-0.15, -0.1) is 0 Å². The summed E-state index contributed by atoms with van der Waals surface area (Å²) in [5.74, 6) is 0.197. The number of rotatable bonds is 6. The lowest BCUT2D eigenvalue weighted by atomic mass is 10.1. The van der Waals surface area contributed by atoms with E-state index in [1.807, 2.05) is 13.8 Å². The fourth-order valence-corrected chi connectivity index (χ4v) is 3.65. The number of H-pyrrole nitrogens is 1. The number of hydrogen-bond donors (Lipinski definition) is 2. The van der Waals surface area contributed by atoms with Crippen LogP contribution in [-0.4, -0.2) is 46.5 Å². The summed E-state index contributed by atoms with van der Waals surface area (Å²) in [4.78, 5) is 37.7. The number of halogens is 1. The normalized spacial score (nSPS) is 13.2. The molecule has 4 rings (SSSR count). The van der Waals surface area contributed by atoms with Gasteiger partial charge in [0.2, 0.25) is 5.91 Å². The number of nitrogens with zero attached hydrogens (tertiary/aromatic N) is 3. The molecule has 0 spiro atoms. The smallest absolute Gasteiger partial charge is 0.228 e. The maximum Gasteiger partial charge on any atom is 0.228 e. The van der Waals surface area contributed by atoms with E-state index >= 15 is 4.39 Å². The van der Waals surface area contributed by atoms with E-state index in [0.29, 0.717) is 44.9 Å². The molecule has 178 valence electrons. The maximum atomic E-state index is 15.1. The van der Waals surface area contributed by atoms with Gasteiger partial charge in [0.1, 0.15) is 11.7 Å². The quantitative estimate of drug-likeness (QED) is 0.291. The lowest BCUT2D eigenvalue weighted by Crippen LogP contribution is -2.21. The van der Waals surface area contributed by atoms with E-state index in [1.165, 1.54) is 19.2 Å². The second-order valence-electron chi connectivity index (χ2n) is 7.85. The Morgan fingerprint density at radius 3 is 2.56 bits per heavy atom. The topological polar surface area (TPSA) is 90.4 Å². The zero-order valence-corrected chi connectivity index (χ0v) is 20.2. The highest BCUT2D eigenvalue weighted by atomic mass is 19.1. The number of benzene rings is 1.